The van der Waals surface area contributed by atoms with E-state index >= 15 is 0 Å². The number of non-ortho nitro benzene ring substituents is 1. The Labute approximate surface area is 168 Å². The van der Waals surface area contributed by atoms with Gasteiger partial charge in [-0.25, -0.2) is 0 Å². The minimum absolute atomic E-state index is 0.0468. The van der Waals surface area contributed by atoms with Gasteiger partial charge in [-0.3, -0.25) is 19.7 Å². The van der Waals surface area contributed by atoms with E-state index in [9.17, 15) is 19.7 Å². The van der Waals surface area contributed by atoms with Gasteiger partial charge in [0.15, 0.2) is 5.78 Å². The second-order valence-corrected chi connectivity index (χ2v) is 6.69. The van der Waals surface area contributed by atoms with Crippen LogP contribution in [0.3, 0.4) is 0 Å². The first-order chi connectivity index (χ1) is 13.9. The van der Waals surface area contributed by atoms with Crippen molar-refractivity contribution in [2.75, 3.05) is 13.7 Å². The Morgan fingerprint density at radius 1 is 1.14 bits per heavy atom. The average Bonchev–Trinajstić information content (AvgIpc) is 2.73. The Balaban J connectivity index is 1.99. The lowest BCUT2D eigenvalue weighted by molar-refractivity contribution is -0.384. The summed E-state index contributed by atoms with van der Waals surface area (Å²) in [5.74, 6) is -1.65. The molecule has 0 fully saturated rings. The molecule has 2 atom stereocenters. The van der Waals surface area contributed by atoms with E-state index in [0.717, 1.165) is 11.1 Å². The monoisotopic (exact) mass is 395 g/mol. The van der Waals surface area contributed by atoms with Crippen LogP contribution in [0.2, 0.25) is 0 Å². The highest BCUT2D eigenvalue weighted by Crippen LogP contribution is 2.41. The van der Waals surface area contributed by atoms with E-state index in [4.69, 9.17) is 9.47 Å². The molecule has 0 aromatic heterocycles. The molecule has 7 heteroatoms. The van der Waals surface area contributed by atoms with Gasteiger partial charge in [0, 0.05) is 18.1 Å². The molecule has 2 aromatic carbocycles. The molecule has 0 heterocycles. The van der Waals surface area contributed by atoms with E-state index in [1.165, 1.54) is 18.2 Å². The first-order valence-electron chi connectivity index (χ1n) is 9.24. The van der Waals surface area contributed by atoms with E-state index in [1.807, 2.05) is 12.1 Å². The van der Waals surface area contributed by atoms with Crippen LogP contribution in [0.25, 0.3) is 5.57 Å². The van der Waals surface area contributed by atoms with E-state index in [0.29, 0.717) is 17.7 Å². The molecule has 0 unspecified atom stereocenters. The van der Waals surface area contributed by atoms with Crippen LogP contribution >= 0.6 is 0 Å². The average molecular weight is 395 g/mol. The van der Waals surface area contributed by atoms with Crippen LogP contribution in [-0.2, 0) is 14.3 Å². The summed E-state index contributed by atoms with van der Waals surface area (Å²) >= 11 is 0. The highest BCUT2D eigenvalue weighted by atomic mass is 16.6. The number of carbonyl (C=O) groups excluding carboxylic acids is 2. The summed E-state index contributed by atoms with van der Waals surface area (Å²) in [5, 5.41) is 10.9. The second-order valence-electron chi connectivity index (χ2n) is 6.69. The number of carbonyl (C=O) groups is 2. The van der Waals surface area contributed by atoms with Crippen molar-refractivity contribution in [1.29, 1.82) is 0 Å². The van der Waals surface area contributed by atoms with E-state index < -0.39 is 22.7 Å². The molecule has 7 nitrogen and oxygen atoms in total. The molecule has 0 saturated carbocycles. The third-order valence-electron chi connectivity index (χ3n) is 5.00. The second kappa shape index (κ2) is 8.68. The van der Waals surface area contributed by atoms with Crippen LogP contribution in [0.4, 0.5) is 5.69 Å². The summed E-state index contributed by atoms with van der Waals surface area (Å²) in [6.07, 6.45) is 1.92. The van der Waals surface area contributed by atoms with Gasteiger partial charge in [-0.1, -0.05) is 24.3 Å². The minimum atomic E-state index is -0.974. The Kier molecular flexibility index (Phi) is 6.07. The largest absolute Gasteiger partial charge is 0.497 e. The number of methoxy groups -OCH3 is 1. The lowest BCUT2D eigenvalue weighted by atomic mass is 9.73. The van der Waals surface area contributed by atoms with Gasteiger partial charge in [0.05, 0.1) is 18.6 Å². The van der Waals surface area contributed by atoms with Gasteiger partial charge >= 0.3 is 5.97 Å². The van der Waals surface area contributed by atoms with Crippen LogP contribution in [-0.4, -0.2) is 30.4 Å². The molecule has 0 N–H and O–H groups in total. The zero-order valence-electron chi connectivity index (χ0n) is 16.2. The number of hydrogen-bond acceptors (Lipinski definition) is 6. The topological polar surface area (TPSA) is 95.7 Å². The van der Waals surface area contributed by atoms with E-state index in [2.05, 4.69) is 0 Å². The van der Waals surface area contributed by atoms with E-state index in [-0.39, 0.29) is 18.1 Å². The summed E-state index contributed by atoms with van der Waals surface area (Å²) in [5.41, 5.74) is 2.28. The van der Waals surface area contributed by atoms with Crippen LogP contribution in [0.15, 0.2) is 54.6 Å². The molecular formula is C22H21NO6. The van der Waals surface area contributed by atoms with Crippen molar-refractivity contribution in [3.8, 4) is 5.75 Å². The zero-order chi connectivity index (χ0) is 21.0. The maximum Gasteiger partial charge on any atom is 0.317 e. The van der Waals surface area contributed by atoms with Gasteiger partial charge in [0.25, 0.3) is 5.69 Å². The molecule has 3 rings (SSSR count). The molecule has 1 aliphatic rings. The quantitative estimate of drug-likeness (QED) is 0.318. The SMILES string of the molecule is CCOC(=O)[C@@H]1C(=O)C=C(c2ccc(OC)cc2)C[C@@H]1c1ccc([N+](=O)[O-])cc1. The van der Waals surface area contributed by atoms with Gasteiger partial charge in [0.2, 0.25) is 0 Å². The summed E-state index contributed by atoms with van der Waals surface area (Å²) in [7, 11) is 1.58. The summed E-state index contributed by atoms with van der Waals surface area (Å²) in [6.45, 7) is 1.86. The van der Waals surface area contributed by atoms with Gasteiger partial charge in [0.1, 0.15) is 11.7 Å². The molecule has 2 aromatic rings. The molecule has 0 spiro atoms. The number of allylic oxidation sites excluding steroid dienone is 2. The zero-order valence-corrected chi connectivity index (χ0v) is 16.2. The summed E-state index contributed by atoms with van der Waals surface area (Å²) < 4.78 is 10.3. The van der Waals surface area contributed by atoms with Crippen LogP contribution in [0.1, 0.15) is 30.4 Å². The molecule has 150 valence electrons. The lowest BCUT2D eigenvalue weighted by Crippen LogP contribution is -2.34. The Morgan fingerprint density at radius 3 is 2.34 bits per heavy atom. The molecule has 1 aliphatic carbocycles. The summed E-state index contributed by atoms with van der Waals surface area (Å²) in [6, 6.07) is 13.3. The third-order valence-corrected chi connectivity index (χ3v) is 5.00. The van der Waals surface area contributed by atoms with Crippen molar-refractivity contribution in [2.45, 2.75) is 19.3 Å². The highest BCUT2D eigenvalue weighted by Gasteiger charge is 2.39. The Bertz CT molecular complexity index is 946. The normalized spacial score (nSPS) is 18.7. The number of ether oxygens (including phenoxy) is 2. The van der Waals surface area contributed by atoms with Crippen LogP contribution in [0, 0.1) is 16.0 Å². The maximum absolute atomic E-state index is 12.9. The number of hydrogen-bond donors (Lipinski definition) is 0. The predicted octanol–water partition coefficient (Wildman–Crippen LogP) is 3.92. The van der Waals surface area contributed by atoms with Gasteiger partial charge in [-0.2, -0.15) is 0 Å². The third kappa shape index (κ3) is 4.34. The number of nitrogens with zero attached hydrogens (tertiary/aromatic N) is 1. The number of benzene rings is 2. The molecule has 29 heavy (non-hydrogen) atoms. The van der Waals surface area contributed by atoms with Crippen molar-refractivity contribution in [3.05, 3.63) is 75.8 Å². The molecule has 0 aliphatic heterocycles. The lowest BCUT2D eigenvalue weighted by Gasteiger charge is -2.29. The first-order valence-corrected chi connectivity index (χ1v) is 9.24. The standard InChI is InChI=1S/C22H21NO6/c1-3-29-22(25)21-19(15-4-8-17(9-5-15)23(26)27)12-16(13-20(21)24)14-6-10-18(28-2)11-7-14/h4-11,13,19,21H,3,12H2,1-2H3/t19-,21+/m1/s1. The minimum Gasteiger partial charge on any atom is -0.497 e. The summed E-state index contributed by atoms with van der Waals surface area (Å²) in [4.78, 5) is 35.8. The van der Waals surface area contributed by atoms with Crippen molar-refractivity contribution in [1.82, 2.24) is 0 Å². The smallest absolute Gasteiger partial charge is 0.317 e. The fourth-order valence-corrected chi connectivity index (χ4v) is 3.55. The highest BCUT2D eigenvalue weighted by molar-refractivity contribution is 6.10. The Hall–Kier alpha value is -3.48. The van der Waals surface area contributed by atoms with Gasteiger partial charge < -0.3 is 9.47 Å². The van der Waals surface area contributed by atoms with Gasteiger partial charge in [-0.15, -0.1) is 0 Å². The van der Waals surface area contributed by atoms with Crippen LogP contribution < -0.4 is 4.74 Å². The number of nitro benzene ring substituents is 1. The molecule has 0 amide bonds. The van der Waals surface area contributed by atoms with E-state index in [1.54, 1.807) is 38.3 Å². The predicted molar refractivity (Wildman–Crippen MR) is 107 cm³/mol. The molecular weight excluding hydrogens is 374 g/mol. The van der Waals surface area contributed by atoms with Crippen molar-refractivity contribution in [2.24, 2.45) is 5.92 Å². The maximum atomic E-state index is 12.9. The van der Waals surface area contributed by atoms with Crippen molar-refractivity contribution in [3.63, 3.8) is 0 Å². The molecule has 0 radical (unpaired) electrons. The number of esters is 1. The van der Waals surface area contributed by atoms with Crippen LogP contribution in [0.5, 0.6) is 5.75 Å². The van der Waals surface area contributed by atoms with Crippen molar-refractivity contribution < 1.29 is 24.0 Å². The fourth-order valence-electron chi connectivity index (χ4n) is 3.55. The number of rotatable bonds is 6. The number of nitro groups is 1. The first kappa shape index (κ1) is 20.3. The Morgan fingerprint density at radius 2 is 1.79 bits per heavy atom. The molecule has 0 bridgehead atoms. The van der Waals surface area contributed by atoms with Gasteiger partial charge in [-0.05, 0) is 48.3 Å². The molecule has 0 saturated heterocycles. The number of ketones is 1. The van der Waals surface area contributed by atoms with Crippen molar-refractivity contribution >= 4 is 23.0 Å². The fraction of sp³-hybridized carbons (Fsp3) is 0.273.